The van der Waals surface area contributed by atoms with Crippen LogP contribution >= 0.6 is 11.6 Å². The summed E-state index contributed by atoms with van der Waals surface area (Å²) in [7, 11) is 0. The molecule has 2 aromatic carbocycles. The summed E-state index contributed by atoms with van der Waals surface area (Å²) in [6.45, 7) is 4.65. The van der Waals surface area contributed by atoms with Gasteiger partial charge in [-0.2, -0.15) is 0 Å². The Morgan fingerprint density at radius 1 is 1.08 bits per heavy atom. The van der Waals surface area contributed by atoms with E-state index in [0.29, 0.717) is 30.2 Å². The van der Waals surface area contributed by atoms with Gasteiger partial charge in [0, 0.05) is 37.1 Å². The Kier molecular flexibility index (Phi) is 6.38. The predicted octanol–water partition coefficient (Wildman–Crippen LogP) is 3.43. The first kappa shape index (κ1) is 18.0. The third kappa shape index (κ3) is 4.83. The van der Waals surface area contributed by atoms with Crippen molar-refractivity contribution in [3.05, 3.63) is 70.2 Å². The first-order chi connectivity index (χ1) is 11.5. The Labute approximate surface area is 147 Å². The van der Waals surface area contributed by atoms with Crippen LogP contribution in [0.25, 0.3) is 0 Å². The molecule has 0 aromatic heterocycles. The number of amides is 2. The normalized spacial score (nSPS) is 10.3. The monoisotopic (exact) mass is 344 g/mol. The molecule has 2 rings (SSSR count). The summed E-state index contributed by atoms with van der Waals surface area (Å²) in [4.78, 5) is 25.7. The lowest BCUT2D eigenvalue weighted by Crippen LogP contribution is -2.37. The van der Waals surface area contributed by atoms with Gasteiger partial charge in [0.2, 0.25) is 5.91 Å². The molecule has 1 N–H and O–H groups in total. The minimum absolute atomic E-state index is 0.0555. The van der Waals surface area contributed by atoms with Crippen LogP contribution in [0, 0.1) is 6.92 Å². The van der Waals surface area contributed by atoms with Crippen LogP contribution in [0.2, 0.25) is 5.02 Å². The average molecular weight is 345 g/mol. The topological polar surface area (TPSA) is 49.4 Å². The maximum Gasteiger partial charge on any atom is 0.251 e. The molecule has 0 atom stereocenters. The van der Waals surface area contributed by atoms with Gasteiger partial charge in [0.05, 0.1) is 0 Å². The molecule has 0 fully saturated rings. The molecule has 0 aliphatic carbocycles. The van der Waals surface area contributed by atoms with Crippen molar-refractivity contribution in [3.8, 4) is 0 Å². The van der Waals surface area contributed by atoms with E-state index in [4.69, 9.17) is 11.6 Å². The number of benzene rings is 2. The predicted molar refractivity (Wildman–Crippen MR) is 96.1 cm³/mol. The quantitative estimate of drug-likeness (QED) is 0.872. The Morgan fingerprint density at radius 2 is 1.75 bits per heavy atom. The number of hydrogen-bond donors (Lipinski definition) is 1. The summed E-state index contributed by atoms with van der Waals surface area (Å²) in [5, 5.41) is 3.49. The fourth-order valence-corrected chi connectivity index (χ4v) is 2.60. The van der Waals surface area contributed by atoms with Gasteiger partial charge in [0.1, 0.15) is 0 Å². The summed E-state index contributed by atoms with van der Waals surface area (Å²) in [6.07, 6.45) is 0. The van der Waals surface area contributed by atoms with Crippen LogP contribution < -0.4 is 5.32 Å². The van der Waals surface area contributed by atoms with Crippen LogP contribution in [0.5, 0.6) is 0 Å². The van der Waals surface area contributed by atoms with E-state index in [1.54, 1.807) is 17.0 Å². The number of rotatable bonds is 6. The summed E-state index contributed by atoms with van der Waals surface area (Å²) >= 11 is 6.15. The maximum absolute atomic E-state index is 12.2. The van der Waals surface area contributed by atoms with Gasteiger partial charge in [-0.15, -0.1) is 0 Å². The Morgan fingerprint density at radius 3 is 2.42 bits per heavy atom. The summed E-state index contributed by atoms with van der Waals surface area (Å²) in [5.74, 6) is -0.186. The van der Waals surface area contributed by atoms with Gasteiger partial charge in [-0.05, 0) is 30.2 Å². The van der Waals surface area contributed by atoms with Crippen LogP contribution in [0.15, 0.2) is 48.5 Å². The zero-order chi connectivity index (χ0) is 17.5. The van der Waals surface area contributed by atoms with Crippen LogP contribution in [0.1, 0.15) is 28.4 Å². The highest BCUT2D eigenvalue weighted by atomic mass is 35.5. The summed E-state index contributed by atoms with van der Waals surface area (Å²) in [6, 6.07) is 14.9. The highest BCUT2D eigenvalue weighted by Gasteiger charge is 2.13. The van der Waals surface area contributed by atoms with Crippen molar-refractivity contribution in [2.24, 2.45) is 0 Å². The fourth-order valence-electron chi connectivity index (χ4n) is 2.41. The Bertz CT molecular complexity index is 731. The SMILES string of the molecule is CC(=O)N(CCNC(=O)c1ccccc1C)Cc1ccccc1Cl. The van der Waals surface area contributed by atoms with Gasteiger partial charge >= 0.3 is 0 Å². The van der Waals surface area contributed by atoms with Crippen LogP contribution in [0.3, 0.4) is 0 Å². The number of hydrogen-bond acceptors (Lipinski definition) is 2. The molecular formula is C19H21ClN2O2. The van der Waals surface area contributed by atoms with E-state index >= 15 is 0 Å². The van der Waals surface area contributed by atoms with Crippen molar-refractivity contribution in [1.82, 2.24) is 10.2 Å². The zero-order valence-electron chi connectivity index (χ0n) is 13.9. The molecule has 0 saturated carbocycles. The van der Waals surface area contributed by atoms with Crippen molar-refractivity contribution in [3.63, 3.8) is 0 Å². The van der Waals surface area contributed by atoms with Crippen LogP contribution in [0.4, 0.5) is 0 Å². The number of carbonyl (C=O) groups excluding carboxylic acids is 2. The molecular weight excluding hydrogens is 324 g/mol. The number of carbonyl (C=O) groups is 2. The minimum atomic E-state index is -0.130. The van der Waals surface area contributed by atoms with Gasteiger partial charge in [-0.3, -0.25) is 9.59 Å². The third-order valence-electron chi connectivity index (χ3n) is 3.82. The van der Waals surface area contributed by atoms with E-state index in [1.807, 2.05) is 43.3 Å². The van der Waals surface area contributed by atoms with Gasteiger partial charge in [-0.1, -0.05) is 48.0 Å². The lowest BCUT2D eigenvalue weighted by molar-refractivity contribution is -0.129. The highest BCUT2D eigenvalue weighted by molar-refractivity contribution is 6.31. The first-order valence-corrected chi connectivity index (χ1v) is 8.19. The van der Waals surface area contributed by atoms with Crippen LogP contribution in [-0.2, 0) is 11.3 Å². The molecule has 0 saturated heterocycles. The standard InChI is InChI=1S/C19H21ClN2O2/c1-14-7-3-5-9-17(14)19(24)21-11-12-22(15(2)23)13-16-8-4-6-10-18(16)20/h3-10H,11-13H2,1-2H3,(H,21,24). The molecule has 0 radical (unpaired) electrons. The van der Waals surface area contributed by atoms with E-state index in [1.165, 1.54) is 6.92 Å². The summed E-state index contributed by atoms with van der Waals surface area (Å²) in [5.41, 5.74) is 2.46. The maximum atomic E-state index is 12.2. The van der Waals surface area contributed by atoms with Gasteiger partial charge in [0.25, 0.3) is 5.91 Å². The summed E-state index contributed by atoms with van der Waals surface area (Å²) < 4.78 is 0. The van der Waals surface area contributed by atoms with Crippen molar-refractivity contribution in [1.29, 1.82) is 0 Å². The van der Waals surface area contributed by atoms with Crippen molar-refractivity contribution in [2.45, 2.75) is 20.4 Å². The van der Waals surface area contributed by atoms with E-state index in [2.05, 4.69) is 5.32 Å². The third-order valence-corrected chi connectivity index (χ3v) is 4.19. The second-order valence-corrected chi connectivity index (χ2v) is 6.01. The zero-order valence-corrected chi connectivity index (χ0v) is 14.6. The number of nitrogens with zero attached hydrogens (tertiary/aromatic N) is 1. The van der Waals surface area contributed by atoms with E-state index < -0.39 is 0 Å². The molecule has 2 amide bonds. The van der Waals surface area contributed by atoms with Crippen molar-refractivity contribution in [2.75, 3.05) is 13.1 Å². The Balaban J connectivity index is 1.93. The van der Waals surface area contributed by atoms with Crippen molar-refractivity contribution < 1.29 is 9.59 Å². The van der Waals surface area contributed by atoms with E-state index in [-0.39, 0.29) is 11.8 Å². The van der Waals surface area contributed by atoms with Crippen molar-refractivity contribution >= 4 is 23.4 Å². The van der Waals surface area contributed by atoms with E-state index in [0.717, 1.165) is 11.1 Å². The molecule has 0 spiro atoms. The average Bonchev–Trinajstić information content (AvgIpc) is 2.55. The molecule has 126 valence electrons. The second kappa shape index (κ2) is 8.50. The molecule has 0 aliphatic rings. The lowest BCUT2D eigenvalue weighted by Gasteiger charge is -2.22. The van der Waals surface area contributed by atoms with Gasteiger partial charge in [0.15, 0.2) is 0 Å². The second-order valence-electron chi connectivity index (χ2n) is 5.60. The lowest BCUT2D eigenvalue weighted by atomic mass is 10.1. The van der Waals surface area contributed by atoms with Gasteiger partial charge in [-0.25, -0.2) is 0 Å². The molecule has 4 nitrogen and oxygen atoms in total. The highest BCUT2D eigenvalue weighted by Crippen LogP contribution is 2.17. The number of aryl methyl sites for hydroxylation is 1. The molecule has 0 aliphatic heterocycles. The molecule has 24 heavy (non-hydrogen) atoms. The van der Waals surface area contributed by atoms with Crippen LogP contribution in [-0.4, -0.2) is 29.8 Å². The Hall–Kier alpha value is -2.33. The number of nitrogens with one attached hydrogen (secondary N) is 1. The molecule has 0 unspecified atom stereocenters. The molecule has 2 aromatic rings. The molecule has 0 bridgehead atoms. The minimum Gasteiger partial charge on any atom is -0.350 e. The van der Waals surface area contributed by atoms with Gasteiger partial charge < -0.3 is 10.2 Å². The first-order valence-electron chi connectivity index (χ1n) is 7.82. The molecule has 5 heteroatoms. The van der Waals surface area contributed by atoms with E-state index in [9.17, 15) is 9.59 Å². The smallest absolute Gasteiger partial charge is 0.251 e. The number of halogens is 1. The molecule has 0 heterocycles. The fraction of sp³-hybridized carbons (Fsp3) is 0.263. The largest absolute Gasteiger partial charge is 0.350 e.